The molecular weight excluding hydrogens is 268 g/mol. The molecule has 2 heteroatoms. The van der Waals surface area contributed by atoms with Gasteiger partial charge in [0.1, 0.15) is 0 Å². The van der Waals surface area contributed by atoms with E-state index in [1.165, 1.54) is 5.56 Å². The predicted molar refractivity (Wildman–Crippen MR) is 91.2 cm³/mol. The second kappa shape index (κ2) is 5.15. The van der Waals surface area contributed by atoms with Crippen molar-refractivity contribution in [3.8, 4) is 16.9 Å². The van der Waals surface area contributed by atoms with Crippen LogP contribution in [0.1, 0.15) is 5.56 Å². The lowest BCUT2D eigenvalue weighted by Crippen LogP contribution is -1.91. The van der Waals surface area contributed by atoms with Gasteiger partial charge in [-0.1, -0.05) is 29.8 Å². The summed E-state index contributed by atoms with van der Waals surface area (Å²) in [6, 6.07) is 23.1. The SMILES string of the molecule is Cc1cccc(-c2ccc3cc(-n4cccc4)ccc3n2)c1. The third kappa shape index (κ3) is 2.29. The molecule has 0 saturated heterocycles. The smallest absolute Gasteiger partial charge is 0.0711 e. The largest absolute Gasteiger partial charge is 0.324 e. The predicted octanol–water partition coefficient (Wildman–Crippen LogP) is 5.00. The first-order valence-corrected chi connectivity index (χ1v) is 7.41. The third-order valence-electron chi connectivity index (χ3n) is 3.89. The monoisotopic (exact) mass is 284 g/mol. The number of aromatic nitrogens is 2. The highest BCUT2D eigenvalue weighted by Crippen LogP contribution is 2.23. The first-order valence-electron chi connectivity index (χ1n) is 7.41. The molecule has 0 radical (unpaired) electrons. The quantitative estimate of drug-likeness (QED) is 0.506. The van der Waals surface area contributed by atoms with Gasteiger partial charge in [0.15, 0.2) is 0 Å². The molecule has 0 atom stereocenters. The van der Waals surface area contributed by atoms with Crippen molar-refractivity contribution in [3.05, 3.63) is 84.7 Å². The molecule has 0 aliphatic heterocycles. The fourth-order valence-corrected chi connectivity index (χ4v) is 2.75. The Morgan fingerprint density at radius 3 is 2.50 bits per heavy atom. The van der Waals surface area contributed by atoms with Crippen molar-refractivity contribution in [3.63, 3.8) is 0 Å². The molecule has 22 heavy (non-hydrogen) atoms. The van der Waals surface area contributed by atoms with Crippen molar-refractivity contribution in [2.75, 3.05) is 0 Å². The minimum Gasteiger partial charge on any atom is -0.324 e. The van der Waals surface area contributed by atoms with Gasteiger partial charge >= 0.3 is 0 Å². The average Bonchev–Trinajstić information content (AvgIpc) is 3.08. The summed E-state index contributed by atoms with van der Waals surface area (Å²) < 4.78 is 2.11. The highest BCUT2D eigenvalue weighted by atomic mass is 14.9. The molecule has 0 N–H and O–H groups in total. The van der Waals surface area contributed by atoms with Crippen LogP contribution in [0.5, 0.6) is 0 Å². The number of fused-ring (bicyclic) bond motifs is 1. The molecule has 0 bridgehead atoms. The van der Waals surface area contributed by atoms with E-state index in [-0.39, 0.29) is 0 Å². The van der Waals surface area contributed by atoms with Gasteiger partial charge in [-0.3, -0.25) is 0 Å². The highest BCUT2D eigenvalue weighted by molar-refractivity contribution is 5.83. The summed E-state index contributed by atoms with van der Waals surface area (Å²) in [5, 5.41) is 1.16. The first kappa shape index (κ1) is 12.8. The molecule has 0 fully saturated rings. The van der Waals surface area contributed by atoms with E-state index >= 15 is 0 Å². The van der Waals surface area contributed by atoms with Crippen LogP contribution in [0.2, 0.25) is 0 Å². The molecule has 2 aromatic heterocycles. The molecular formula is C20H16N2. The van der Waals surface area contributed by atoms with Gasteiger partial charge in [0.25, 0.3) is 0 Å². The van der Waals surface area contributed by atoms with Crippen LogP contribution in [0.4, 0.5) is 0 Å². The Kier molecular flexibility index (Phi) is 3.01. The maximum absolute atomic E-state index is 4.80. The number of pyridine rings is 1. The fourth-order valence-electron chi connectivity index (χ4n) is 2.75. The summed E-state index contributed by atoms with van der Waals surface area (Å²) in [5.41, 5.74) is 5.61. The van der Waals surface area contributed by atoms with Gasteiger partial charge in [0, 0.05) is 29.0 Å². The van der Waals surface area contributed by atoms with E-state index in [1.807, 2.05) is 12.1 Å². The number of hydrogen-bond donors (Lipinski definition) is 0. The number of aryl methyl sites for hydroxylation is 1. The average molecular weight is 284 g/mol. The van der Waals surface area contributed by atoms with Crippen molar-refractivity contribution in [1.29, 1.82) is 0 Å². The minimum absolute atomic E-state index is 1.02. The number of nitrogens with zero attached hydrogens (tertiary/aromatic N) is 2. The second-order valence-electron chi connectivity index (χ2n) is 5.53. The van der Waals surface area contributed by atoms with E-state index in [2.05, 4.69) is 78.5 Å². The van der Waals surface area contributed by atoms with Gasteiger partial charge in [0.05, 0.1) is 11.2 Å². The molecule has 4 aromatic rings. The van der Waals surface area contributed by atoms with Crippen LogP contribution in [0.15, 0.2) is 79.1 Å². The van der Waals surface area contributed by atoms with E-state index in [1.54, 1.807) is 0 Å². The summed E-state index contributed by atoms with van der Waals surface area (Å²) in [4.78, 5) is 4.80. The van der Waals surface area contributed by atoms with Crippen molar-refractivity contribution >= 4 is 10.9 Å². The van der Waals surface area contributed by atoms with Crippen molar-refractivity contribution in [2.24, 2.45) is 0 Å². The standard InChI is InChI=1S/C20H16N2/c1-15-5-4-6-16(13-15)19-9-7-17-14-18(8-10-20(17)21-19)22-11-2-3-12-22/h2-14H,1H3. The number of benzene rings is 2. The van der Waals surface area contributed by atoms with Crippen LogP contribution in [0.3, 0.4) is 0 Å². The molecule has 0 spiro atoms. The van der Waals surface area contributed by atoms with E-state index in [0.29, 0.717) is 0 Å². The zero-order valence-corrected chi connectivity index (χ0v) is 12.4. The molecule has 2 nitrogen and oxygen atoms in total. The molecule has 0 saturated carbocycles. The zero-order chi connectivity index (χ0) is 14.9. The molecule has 0 unspecified atom stereocenters. The molecule has 2 heterocycles. The third-order valence-corrected chi connectivity index (χ3v) is 3.89. The molecule has 0 aliphatic rings. The van der Waals surface area contributed by atoms with E-state index in [9.17, 15) is 0 Å². The van der Waals surface area contributed by atoms with Gasteiger partial charge in [-0.2, -0.15) is 0 Å². The van der Waals surface area contributed by atoms with Crippen LogP contribution in [-0.4, -0.2) is 9.55 Å². The van der Waals surface area contributed by atoms with Crippen molar-refractivity contribution in [1.82, 2.24) is 9.55 Å². The first-order chi connectivity index (χ1) is 10.8. The molecule has 2 aromatic carbocycles. The van der Waals surface area contributed by atoms with Crippen LogP contribution in [-0.2, 0) is 0 Å². The Balaban J connectivity index is 1.80. The summed E-state index contributed by atoms with van der Waals surface area (Å²) in [5.74, 6) is 0. The van der Waals surface area contributed by atoms with Gasteiger partial charge in [-0.05, 0) is 49.4 Å². The highest BCUT2D eigenvalue weighted by Gasteiger charge is 2.03. The van der Waals surface area contributed by atoms with Crippen LogP contribution < -0.4 is 0 Å². The maximum Gasteiger partial charge on any atom is 0.0711 e. The van der Waals surface area contributed by atoms with Gasteiger partial charge in [-0.15, -0.1) is 0 Å². The molecule has 4 rings (SSSR count). The molecule has 106 valence electrons. The second-order valence-corrected chi connectivity index (χ2v) is 5.53. The topological polar surface area (TPSA) is 17.8 Å². The fraction of sp³-hybridized carbons (Fsp3) is 0.0500. The van der Waals surface area contributed by atoms with Gasteiger partial charge in [-0.25, -0.2) is 4.98 Å². The Hall–Kier alpha value is -2.87. The van der Waals surface area contributed by atoms with Gasteiger partial charge in [0.2, 0.25) is 0 Å². The number of hydrogen-bond acceptors (Lipinski definition) is 1. The van der Waals surface area contributed by atoms with E-state index < -0.39 is 0 Å². The Morgan fingerprint density at radius 2 is 1.68 bits per heavy atom. The summed E-state index contributed by atoms with van der Waals surface area (Å²) in [6.45, 7) is 2.11. The van der Waals surface area contributed by atoms with E-state index in [4.69, 9.17) is 4.98 Å². The lowest BCUT2D eigenvalue weighted by atomic mass is 10.1. The molecule has 0 amide bonds. The van der Waals surface area contributed by atoms with Crippen molar-refractivity contribution < 1.29 is 0 Å². The minimum atomic E-state index is 1.02. The molecule has 0 aliphatic carbocycles. The van der Waals surface area contributed by atoms with Crippen LogP contribution in [0, 0.1) is 6.92 Å². The van der Waals surface area contributed by atoms with Crippen LogP contribution in [0.25, 0.3) is 27.8 Å². The Bertz CT molecular complexity index is 937. The summed E-state index contributed by atoms with van der Waals surface area (Å²) >= 11 is 0. The van der Waals surface area contributed by atoms with Gasteiger partial charge < -0.3 is 4.57 Å². The lowest BCUT2D eigenvalue weighted by molar-refractivity contribution is 1.08. The Morgan fingerprint density at radius 1 is 0.818 bits per heavy atom. The number of rotatable bonds is 2. The Labute approximate surface area is 129 Å². The summed E-state index contributed by atoms with van der Waals surface area (Å²) in [7, 11) is 0. The maximum atomic E-state index is 4.80. The lowest BCUT2D eigenvalue weighted by Gasteiger charge is -2.07. The van der Waals surface area contributed by atoms with Crippen molar-refractivity contribution in [2.45, 2.75) is 6.92 Å². The van der Waals surface area contributed by atoms with Crippen LogP contribution >= 0.6 is 0 Å². The normalized spacial score (nSPS) is 11.0. The summed E-state index contributed by atoms with van der Waals surface area (Å²) in [6.07, 6.45) is 4.10. The van der Waals surface area contributed by atoms with E-state index in [0.717, 1.165) is 27.8 Å². The zero-order valence-electron chi connectivity index (χ0n) is 12.4.